The standard InChI is InChI=1S/C21H16Cl2N2O5S/c22-14-3-7-16(8-4-14)25-20(26)12-19(21(25)27)24(13-17-2-1-11-30-17)31(28,29)18-9-5-15(23)6-10-18/h1-11,19H,12-13H2. The fourth-order valence-electron chi connectivity index (χ4n) is 3.36. The normalized spacial score (nSPS) is 17.0. The molecule has 2 amide bonds. The minimum Gasteiger partial charge on any atom is -0.468 e. The summed E-state index contributed by atoms with van der Waals surface area (Å²) in [5.74, 6) is -0.813. The van der Waals surface area contributed by atoms with Gasteiger partial charge in [0.2, 0.25) is 15.9 Å². The molecule has 2 aromatic carbocycles. The first-order chi connectivity index (χ1) is 14.8. The van der Waals surface area contributed by atoms with Crippen molar-refractivity contribution in [1.82, 2.24) is 4.31 Å². The summed E-state index contributed by atoms with van der Waals surface area (Å²) < 4.78 is 33.2. The van der Waals surface area contributed by atoms with Crippen molar-refractivity contribution >= 4 is 50.7 Å². The molecule has 2 heterocycles. The molecule has 4 rings (SSSR count). The molecule has 160 valence electrons. The molecular weight excluding hydrogens is 463 g/mol. The lowest BCUT2D eigenvalue weighted by Gasteiger charge is -2.26. The van der Waals surface area contributed by atoms with E-state index < -0.39 is 27.9 Å². The third-order valence-electron chi connectivity index (χ3n) is 4.87. The number of amides is 2. The molecule has 10 heteroatoms. The van der Waals surface area contributed by atoms with Crippen LogP contribution in [0, 0.1) is 0 Å². The van der Waals surface area contributed by atoms with Gasteiger partial charge in [0.25, 0.3) is 5.91 Å². The van der Waals surface area contributed by atoms with E-state index in [9.17, 15) is 18.0 Å². The molecule has 0 radical (unpaired) electrons. The van der Waals surface area contributed by atoms with Crippen LogP contribution in [0.15, 0.2) is 76.2 Å². The van der Waals surface area contributed by atoms with E-state index in [0.717, 1.165) is 9.21 Å². The molecule has 0 bridgehead atoms. The van der Waals surface area contributed by atoms with Crippen LogP contribution in [0.2, 0.25) is 10.0 Å². The summed E-state index contributed by atoms with van der Waals surface area (Å²) in [6, 6.07) is 13.8. The zero-order valence-corrected chi connectivity index (χ0v) is 18.3. The van der Waals surface area contributed by atoms with Crippen LogP contribution in [0.3, 0.4) is 0 Å². The van der Waals surface area contributed by atoms with Gasteiger partial charge in [0, 0.05) is 10.0 Å². The van der Waals surface area contributed by atoms with Crippen LogP contribution >= 0.6 is 23.2 Å². The summed E-state index contributed by atoms with van der Waals surface area (Å²) in [6.45, 7) is -0.212. The van der Waals surface area contributed by atoms with Gasteiger partial charge in [-0.05, 0) is 60.7 Å². The van der Waals surface area contributed by atoms with Crippen molar-refractivity contribution in [3.05, 3.63) is 82.7 Å². The van der Waals surface area contributed by atoms with E-state index in [1.54, 1.807) is 24.3 Å². The van der Waals surface area contributed by atoms with Crippen LogP contribution in [-0.4, -0.2) is 30.6 Å². The van der Waals surface area contributed by atoms with Gasteiger partial charge in [-0.25, -0.2) is 13.3 Å². The number of anilines is 1. The van der Waals surface area contributed by atoms with Crippen molar-refractivity contribution in [2.24, 2.45) is 0 Å². The Balaban J connectivity index is 1.73. The summed E-state index contributed by atoms with van der Waals surface area (Å²) >= 11 is 11.8. The van der Waals surface area contributed by atoms with E-state index in [0.29, 0.717) is 21.5 Å². The first-order valence-electron chi connectivity index (χ1n) is 9.19. The van der Waals surface area contributed by atoms with Crippen molar-refractivity contribution in [1.29, 1.82) is 0 Å². The maximum absolute atomic E-state index is 13.4. The van der Waals surface area contributed by atoms with Gasteiger partial charge in [0.1, 0.15) is 11.8 Å². The zero-order valence-electron chi connectivity index (χ0n) is 15.9. The second kappa shape index (κ2) is 8.47. The number of carbonyl (C=O) groups is 2. The molecule has 1 saturated heterocycles. The van der Waals surface area contributed by atoms with E-state index >= 15 is 0 Å². The smallest absolute Gasteiger partial charge is 0.252 e. The van der Waals surface area contributed by atoms with E-state index in [1.807, 2.05) is 0 Å². The summed E-state index contributed by atoms with van der Waals surface area (Å²) in [5, 5.41) is 0.821. The molecule has 1 aliphatic heterocycles. The topological polar surface area (TPSA) is 87.9 Å². The highest BCUT2D eigenvalue weighted by atomic mass is 35.5. The Morgan fingerprint density at radius 1 is 0.968 bits per heavy atom. The van der Waals surface area contributed by atoms with Gasteiger partial charge in [-0.15, -0.1) is 0 Å². The lowest BCUT2D eigenvalue weighted by molar-refractivity contribution is -0.122. The maximum atomic E-state index is 13.4. The molecule has 0 spiro atoms. The molecule has 0 aliphatic carbocycles. The van der Waals surface area contributed by atoms with Gasteiger partial charge in [0.15, 0.2) is 0 Å². The molecule has 7 nitrogen and oxygen atoms in total. The second-order valence-electron chi connectivity index (χ2n) is 6.85. The number of sulfonamides is 1. The minimum absolute atomic E-state index is 0.0475. The Kier molecular flexibility index (Phi) is 5.90. The summed E-state index contributed by atoms with van der Waals surface area (Å²) in [5.41, 5.74) is 0.323. The third kappa shape index (κ3) is 4.24. The predicted molar refractivity (Wildman–Crippen MR) is 115 cm³/mol. The number of nitrogens with zero attached hydrogens (tertiary/aromatic N) is 2. The number of carbonyl (C=O) groups excluding carboxylic acids is 2. The molecule has 0 N–H and O–H groups in total. The number of hydrogen-bond acceptors (Lipinski definition) is 5. The first-order valence-corrected chi connectivity index (χ1v) is 11.4. The van der Waals surface area contributed by atoms with Crippen molar-refractivity contribution in [3.63, 3.8) is 0 Å². The average molecular weight is 479 g/mol. The number of imide groups is 1. The summed E-state index contributed by atoms with van der Waals surface area (Å²) in [7, 11) is -4.15. The SMILES string of the molecule is O=C1CC(N(Cc2ccco2)S(=O)(=O)c2ccc(Cl)cc2)C(=O)N1c1ccc(Cl)cc1. The van der Waals surface area contributed by atoms with Crippen LogP contribution in [0.5, 0.6) is 0 Å². The summed E-state index contributed by atoms with van der Waals surface area (Å²) in [4.78, 5) is 26.9. The third-order valence-corrected chi connectivity index (χ3v) is 7.24. The van der Waals surface area contributed by atoms with Crippen LogP contribution in [0.4, 0.5) is 5.69 Å². The molecule has 31 heavy (non-hydrogen) atoms. The lowest BCUT2D eigenvalue weighted by Crippen LogP contribution is -2.45. The van der Waals surface area contributed by atoms with E-state index in [2.05, 4.69) is 0 Å². The van der Waals surface area contributed by atoms with Crippen LogP contribution < -0.4 is 4.90 Å². The molecule has 1 unspecified atom stereocenters. The van der Waals surface area contributed by atoms with Gasteiger partial charge in [-0.1, -0.05) is 23.2 Å². The Bertz CT molecular complexity index is 1210. The molecule has 3 aromatic rings. The number of rotatable bonds is 6. The minimum atomic E-state index is -4.15. The van der Waals surface area contributed by atoms with Gasteiger partial charge < -0.3 is 4.42 Å². The van der Waals surface area contributed by atoms with Crippen molar-refractivity contribution in [2.75, 3.05) is 4.90 Å². The highest BCUT2D eigenvalue weighted by molar-refractivity contribution is 7.89. The van der Waals surface area contributed by atoms with Crippen LogP contribution in [-0.2, 0) is 26.2 Å². The fraction of sp³-hybridized carbons (Fsp3) is 0.143. The van der Waals surface area contributed by atoms with E-state index in [1.165, 1.54) is 42.7 Å². The lowest BCUT2D eigenvalue weighted by atomic mass is 10.2. The van der Waals surface area contributed by atoms with E-state index in [-0.39, 0.29) is 17.9 Å². The Labute approximate surface area is 188 Å². The van der Waals surface area contributed by atoms with Gasteiger partial charge in [0.05, 0.1) is 29.8 Å². The first kappa shape index (κ1) is 21.6. The quantitative estimate of drug-likeness (QED) is 0.497. The number of furan rings is 1. The molecule has 1 atom stereocenters. The molecule has 1 fully saturated rings. The molecule has 1 aliphatic rings. The Morgan fingerprint density at radius 3 is 2.16 bits per heavy atom. The van der Waals surface area contributed by atoms with E-state index in [4.69, 9.17) is 27.6 Å². The second-order valence-corrected chi connectivity index (χ2v) is 9.61. The summed E-state index contributed by atoms with van der Waals surface area (Å²) in [6.07, 6.45) is 1.11. The highest BCUT2D eigenvalue weighted by Crippen LogP contribution is 2.31. The van der Waals surface area contributed by atoms with Gasteiger partial charge in [-0.2, -0.15) is 4.31 Å². The zero-order chi connectivity index (χ0) is 22.2. The number of halogens is 2. The fourth-order valence-corrected chi connectivity index (χ4v) is 5.16. The maximum Gasteiger partial charge on any atom is 0.252 e. The molecule has 1 aromatic heterocycles. The van der Waals surface area contributed by atoms with Crippen LogP contribution in [0.25, 0.3) is 0 Å². The van der Waals surface area contributed by atoms with Gasteiger partial charge in [-0.3, -0.25) is 9.59 Å². The average Bonchev–Trinajstić information content (AvgIpc) is 3.35. The Hall–Kier alpha value is -2.65. The number of benzene rings is 2. The molecular formula is C21H16Cl2N2O5S. The monoisotopic (exact) mass is 478 g/mol. The van der Waals surface area contributed by atoms with Gasteiger partial charge >= 0.3 is 0 Å². The predicted octanol–water partition coefficient (Wildman–Crippen LogP) is 4.11. The highest BCUT2D eigenvalue weighted by Gasteiger charge is 2.47. The Morgan fingerprint density at radius 2 is 1.58 bits per heavy atom. The number of hydrogen-bond donors (Lipinski definition) is 0. The van der Waals surface area contributed by atoms with Crippen molar-refractivity contribution in [2.45, 2.75) is 23.9 Å². The van der Waals surface area contributed by atoms with Crippen molar-refractivity contribution in [3.8, 4) is 0 Å². The largest absolute Gasteiger partial charge is 0.468 e. The van der Waals surface area contributed by atoms with Crippen molar-refractivity contribution < 1.29 is 22.4 Å². The van der Waals surface area contributed by atoms with Crippen LogP contribution in [0.1, 0.15) is 12.2 Å². The molecule has 0 saturated carbocycles.